The maximum atomic E-state index is 12.1. The Kier molecular flexibility index (Phi) is 8.22. The minimum atomic E-state index is -1.48. The minimum absolute atomic E-state index is 0.0382. The van der Waals surface area contributed by atoms with Crippen molar-refractivity contribution in [2.75, 3.05) is 24.7 Å². The van der Waals surface area contributed by atoms with Crippen LogP contribution in [0.5, 0.6) is 0 Å². The normalized spacial score (nSPS) is 30.0. The summed E-state index contributed by atoms with van der Waals surface area (Å²) in [6.07, 6.45) is -5.58. The number of H-pyrrole nitrogens is 1. The van der Waals surface area contributed by atoms with Crippen molar-refractivity contribution in [1.82, 2.24) is 44.5 Å². The molecule has 2 aliphatic heterocycles. The van der Waals surface area contributed by atoms with Crippen LogP contribution in [0.3, 0.4) is 0 Å². The zero-order chi connectivity index (χ0) is 29.5. The van der Waals surface area contributed by atoms with E-state index in [1.54, 1.807) is 0 Å². The van der Waals surface area contributed by atoms with Crippen molar-refractivity contribution >= 4 is 52.6 Å². The summed E-state index contributed by atoms with van der Waals surface area (Å²) in [7, 11) is 1.43. The van der Waals surface area contributed by atoms with Crippen LogP contribution in [0, 0.1) is 5.92 Å². The molecule has 0 saturated carbocycles. The fourth-order valence-corrected chi connectivity index (χ4v) is 5.61. The van der Waals surface area contributed by atoms with Gasteiger partial charge in [-0.05, 0) is 0 Å². The Hall–Kier alpha value is -3.07. The molecular formula is C19H25N11O10P2. The number of aromatic nitrogens is 9. The number of nitrogen functional groups attached to an aromatic ring is 2. The minimum Gasteiger partial charge on any atom is -0.388 e. The van der Waals surface area contributed by atoms with E-state index >= 15 is 0 Å². The van der Waals surface area contributed by atoms with Crippen LogP contribution in [0.4, 0.5) is 11.8 Å². The maximum Gasteiger partial charge on any atom is 0.280 e. The van der Waals surface area contributed by atoms with E-state index in [1.165, 1.54) is 21.9 Å². The molecule has 4 aromatic rings. The van der Waals surface area contributed by atoms with Crippen molar-refractivity contribution in [3.05, 3.63) is 23.0 Å². The monoisotopic (exact) mass is 629 g/mol. The molecule has 0 amide bonds. The van der Waals surface area contributed by atoms with Crippen molar-refractivity contribution in [2.24, 2.45) is 5.92 Å². The summed E-state index contributed by atoms with van der Waals surface area (Å²) in [5.41, 5.74) is 11.4. The third kappa shape index (κ3) is 5.07. The van der Waals surface area contributed by atoms with E-state index in [0.29, 0.717) is 0 Å². The van der Waals surface area contributed by atoms with Gasteiger partial charge in [0.25, 0.3) is 5.56 Å². The molecule has 0 aromatic carbocycles. The first-order valence-electron chi connectivity index (χ1n) is 12.2. The number of anilines is 2. The van der Waals surface area contributed by atoms with Gasteiger partial charge in [-0.2, -0.15) is 9.67 Å². The van der Waals surface area contributed by atoms with Crippen LogP contribution in [0.25, 0.3) is 22.3 Å². The number of hydrogen-bond acceptors (Lipinski definition) is 18. The van der Waals surface area contributed by atoms with Crippen molar-refractivity contribution in [3.8, 4) is 0 Å². The van der Waals surface area contributed by atoms with E-state index < -0.39 is 63.7 Å². The molecule has 0 spiro atoms. The van der Waals surface area contributed by atoms with Gasteiger partial charge in [0, 0.05) is 15.4 Å². The maximum absolute atomic E-state index is 12.1. The molecule has 4 aromatic heterocycles. The number of nitrogens with one attached hydrogen (secondary N) is 1. The highest BCUT2D eigenvalue weighted by molar-refractivity contribution is 7.26. The number of nitrogens with zero attached hydrogens (tertiary/aromatic N) is 8. The molecule has 0 aliphatic carbocycles. The molecule has 3 unspecified atom stereocenters. The van der Waals surface area contributed by atoms with Gasteiger partial charge in [-0.25, -0.2) is 19.8 Å². The number of aromatic amines is 1. The number of imidazole rings is 1. The van der Waals surface area contributed by atoms with Crippen LogP contribution in [-0.2, 0) is 27.9 Å². The Balaban J connectivity index is 1.11. The standard InChI is InChI=1S/C19H25N11O10P2/c20-12-7-13(23-3-22-12)30(28-27-7)16-9(31)5(6(37-16)2-35-41)1-36-42-40-18-10(32)11(39-34)17(38-18)29-4-24-8-14(29)25-19(21)26-15(8)33/h3-6,9-11,16-18,31-32,34,42H,1-2,41H2,(H2,20,22,23)(H3,21,25,26,33)/t5-,6-,9-,10+,11-,16-,17-,18?/m1/s1. The first kappa shape index (κ1) is 29.0. The number of ether oxygens (including phenoxy) is 2. The van der Waals surface area contributed by atoms with Gasteiger partial charge in [0.15, 0.2) is 62.0 Å². The quantitative estimate of drug-likeness (QED) is 0.0470. The Morgan fingerprint density at radius 2 is 1.93 bits per heavy atom. The topological polar surface area (TPSA) is 288 Å². The fourth-order valence-electron chi connectivity index (χ4n) is 4.81. The fraction of sp³-hybridized carbons (Fsp3) is 0.526. The summed E-state index contributed by atoms with van der Waals surface area (Å²) in [5.74, 6) is -0.644. The van der Waals surface area contributed by atoms with Crippen molar-refractivity contribution in [1.29, 1.82) is 0 Å². The molecule has 2 fully saturated rings. The molecular weight excluding hydrogens is 604 g/mol. The van der Waals surface area contributed by atoms with Crippen molar-refractivity contribution in [2.45, 2.75) is 43.2 Å². The lowest BCUT2D eigenvalue weighted by molar-refractivity contribution is -0.305. The molecule has 2 aliphatic rings. The molecule has 0 bridgehead atoms. The largest absolute Gasteiger partial charge is 0.388 e. The SMILES string of the molecule is Nc1nc2c(ncn2[C@@H]2OC(OPOC[C@H]3[C@@H](O)[C@H](n4nnc5c(N)ncnc54)O[C@@H]3COP)[C@@H](O)[C@H]2OO)c(=O)[nH]1. The zero-order valence-corrected chi connectivity index (χ0v) is 23.4. The molecule has 23 heteroatoms. The Labute approximate surface area is 237 Å². The second-order valence-corrected chi connectivity index (χ2v) is 10.3. The summed E-state index contributed by atoms with van der Waals surface area (Å²) < 4.78 is 30.7. The third-order valence-corrected chi connectivity index (χ3v) is 7.63. The van der Waals surface area contributed by atoms with E-state index in [9.17, 15) is 20.3 Å². The Morgan fingerprint density at radius 3 is 2.71 bits per heavy atom. The molecule has 42 heavy (non-hydrogen) atoms. The number of nitrogens with two attached hydrogens (primary N) is 2. The van der Waals surface area contributed by atoms with Gasteiger partial charge >= 0.3 is 0 Å². The summed E-state index contributed by atoms with van der Waals surface area (Å²) in [6.45, 7) is 0.0464. The molecule has 6 rings (SSSR count). The number of fused-ring (bicyclic) bond motifs is 2. The number of rotatable bonds is 10. The first-order chi connectivity index (χ1) is 20.3. The molecule has 2 saturated heterocycles. The predicted molar refractivity (Wildman–Crippen MR) is 142 cm³/mol. The van der Waals surface area contributed by atoms with E-state index in [1.807, 2.05) is 0 Å². The average molecular weight is 629 g/mol. The van der Waals surface area contributed by atoms with Gasteiger partial charge in [0.1, 0.15) is 18.5 Å². The molecule has 0 radical (unpaired) electrons. The lowest BCUT2D eigenvalue weighted by Gasteiger charge is -2.20. The summed E-state index contributed by atoms with van der Waals surface area (Å²) >= 11 is 0. The van der Waals surface area contributed by atoms with Crippen LogP contribution in [0.1, 0.15) is 12.5 Å². The van der Waals surface area contributed by atoms with Gasteiger partial charge in [-0.3, -0.25) is 19.6 Å². The van der Waals surface area contributed by atoms with Crippen LogP contribution in [0.2, 0.25) is 0 Å². The van der Waals surface area contributed by atoms with E-state index in [4.69, 9.17) is 34.5 Å². The molecule has 6 heterocycles. The highest BCUT2D eigenvalue weighted by Crippen LogP contribution is 2.39. The summed E-state index contributed by atoms with van der Waals surface area (Å²) in [4.78, 5) is 34.9. The number of hydrogen-bond donors (Lipinski definition) is 6. The highest BCUT2D eigenvalue weighted by atomic mass is 31.1. The molecule has 8 N–H and O–H groups in total. The third-order valence-electron chi connectivity index (χ3n) is 6.83. The average Bonchev–Trinajstić information content (AvgIpc) is 3.72. The van der Waals surface area contributed by atoms with Gasteiger partial charge in [0.2, 0.25) is 5.95 Å². The van der Waals surface area contributed by atoms with Gasteiger partial charge in [-0.15, -0.1) is 5.10 Å². The van der Waals surface area contributed by atoms with Gasteiger partial charge < -0.3 is 44.7 Å². The van der Waals surface area contributed by atoms with Crippen LogP contribution >= 0.6 is 18.5 Å². The van der Waals surface area contributed by atoms with Crippen LogP contribution < -0.4 is 17.0 Å². The molecule has 226 valence electrons. The Morgan fingerprint density at radius 1 is 1.10 bits per heavy atom. The van der Waals surface area contributed by atoms with Crippen molar-refractivity contribution < 1.29 is 43.4 Å². The summed E-state index contributed by atoms with van der Waals surface area (Å²) in [5, 5.41) is 39.2. The van der Waals surface area contributed by atoms with E-state index in [2.05, 4.69) is 49.6 Å². The number of aliphatic hydroxyl groups excluding tert-OH is 2. The van der Waals surface area contributed by atoms with Crippen LogP contribution in [-0.4, -0.2) is 104 Å². The zero-order valence-electron chi connectivity index (χ0n) is 21.2. The van der Waals surface area contributed by atoms with E-state index in [0.717, 1.165) is 0 Å². The van der Waals surface area contributed by atoms with Crippen LogP contribution in [0.15, 0.2) is 17.4 Å². The number of aliphatic hydroxyl groups is 2. The lowest BCUT2D eigenvalue weighted by Crippen LogP contribution is -2.34. The second kappa shape index (κ2) is 11.9. The van der Waals surface area contributed by atoms with Gasteiger partial charge in [0.05, 0.1) is 25.6 Å². The Bertz CT molecular complexity index is 1620. The van der Waals surface area contributed by atoms with Crippen molar-refractivity contribution in [3.63, 3.8) is 0 Å². The van der Waals surface area contributed by atoms with Gasteiger partial charge in [-0.1, -0.05) is 5.21 Å². The summed E-state index contributed by atoms with van der Waals surface area (Å²) in [6, 6.07) is 0. The highest BCUT2D eigenvalue weighted by Gasteiger charge is 2.49. The molecule has 10 atom stereocenters. The van der Waals surface area contributed by atoms with E-state index in [-0.39, 0.29) is 47.3 Å². The smallest absolute Gasteiger partial charge is 0.280 e. The lowest BCUT2D eigenvalue weighted by atomic mass is 10.00. The molecule has 21 nitrogen and oxygen atoms in total. The second-order valence-electron chi connectivity index (χ2n) is 9.26. The first-order valence-corrected chi connectivity index (χ1v) is 13.5. The predicted octanol–water partition coefficient (Wildman–Crippen LogP) is -2.18.